The van der Waals surface area contributed by atoms with Crippen molar-refractivity contribution in [3.63, 3.8) is 0 Å². The molecule has 1 aliphatic heterocycles. The van der Waals surface area contributed by atoms with Crippen LogP contribution in [-0.2, 0) is 6.54 Å². The van der Waals surface area contributed by atoms with Crippen LogP contribution in [0.5, 0.6) is 0 Å². The first-order valence-corrected chi connectivity index (χ1v) is 7.61. The van der Waals surface area contributed by atoms with Gasteiger partial charge in [-0.15, -0.1) is 0 Å². The number of hydrogen-bond acceptors (Lipinski definition) is 3. The number of rotatable bonds is 4. The Morgan fingerprint density at radius 1 is 1.45 bits per heavy atom. The zero-order valence-corrected chi connectivity index (χ0v) is 12.8. The van der Waals surface area contributed by atoms with Crippen molar-refractivity contribution in [1.29, 1.82) is 0 Å². The molecule has 1 aliphatic rings. The van der Waals surface area contributed by atoms with Crippen molar-refractivity contribution in [2.45, 2.75) is 52.2 Å². The van der Waals surface area contributed by atoms with Crippen LogP contribution in [0.25, 0.3) is 0 Å². The van der Waals surface area contributed by atoms with Gasteiger partial charge in [0.1, 0.15) is 5.82 Å². The lowest BCUT2D eigenvalue weighted by molar-refractivity contribution is 0.189. The standard InChI is InChI=1S/C16H26FN3/c1-12(2)6-16-11-20(13(3)4-5-19-16)10-14-7-15(17)9-18-8-14/h7-9,12-13,16,19H,4-6,10-11H2,1-3H3. The van der Waals surface area contributed by atoms with Crippen LogP contribution < -0.4 is 5.32 Å². The van der Waals surface area contributed by atoms with Crippen molar-refractivity contribution in [3.8, 4) is 0 Å². The summed E-state index contributed by atoms with van der Waals surface area (Å²) in [6.07, 6.45) is 5.35. The second kappa shape index (κ2) is 7.14. The summed E-state index contributed by atoms with van der Waals surface area (Å²) in [6, 6.07) is 2.64. The van der Waals surface area contributed by atoms with Crippen LogP contribution >= 0.6 is 0 Å². The zero-order valence-electron chi connectivity index (χ0n) is 12.8. The summed E-state index contributed by atoms with van der Waals surface area (Å²) in [7, 11) is 0. The van der Waals surface area contributed by atoms with Crippen LogP contribution in [0.15, 0.2) is 18.5 Å². The largest absolute Gasteiger partial charge is 0.313 e. The average molecular weight is 279 g/mol. The summed E-state index contributed by atoms with van der Waals surface area (Å²) in [4.78, 5) is 6.40. The molecule has 2 rings (SSSR count). The van der Waals surface area contributed by atoms with Crippen molar-refractivity contribution >= 4 is 0 Å². The van der Waals surface area contributed by atoms with Crippen LogP contribution in [-0.4, -0.2) is 35.1 Å². The summed E-state index contributed by atoms with van der Waals surface area (Å²) in [5.41, 5.74) is 0.960. The van der Waals surface area contributed by atoms with Crippen LogP contribution in [0.4, 0.5) is 4.39 Å². The maximum Gasteiger partial charge on any atom is 0.141 e. The van der Waals surface area contributed by atoms with Gasteiger partial charge in [-0.05, 0) is 43.9 Å². The van der Waals surface area contributed by atoms with Gasteiger partial charge < -0.3 is 5.32 Å². The summed E-state index contributed by atoms with van der Waals surface area (Å²) in [6.45, 7) is 9.65. The van der Waals surface area contributed by atoms with E-state index in [0.717, 1.165) is 31.6 Å². The summed E-state index contributed by atoms with van der Waals surface area (Å²) >= 11 is 0. The molecule has 2 heterocycles. The summed E-state index contributed by atoms with van der Waals surface area (Å²) in [5.74, 6) is 0.445. The fraction of sp³-hybridized carbons (Fsp3) is 0.688. The Bertz CT molecular complexity index is 422. The molecule has 2 unspecified atom stereocenters. The molecule has 0 amide bonds. The predicted octanol–water partition coefficient (Wildman–Crippen LogP) is 2.82. The Kier molecular flexibility index (Phi) is 5.49. The highest BCUT2D eigenvalue weighted by Gasteiger charge is 2.23. The molecular weight excluding hydrogens is 253 g/mol. The molecule has 2 atom stereocenters. The quantitative estimate of drug-likeness (QED) is 0.918. The van der Waals surface area contributed by atoms with Gasteiger partial charge in [0.05, 0.1) is 6.20 Å². The molecule has 3 nitrogen and oxygen atoms in total. The normalized spacial score (nSPS) is 24.9. The van der Waals surface area contributed by atoms with E-state index in [1.807, 2.05) is 0 Å². The van der Waals surface area contributed by atoms with Crippen molar-refractivity contribution in [3.05, 3.63) is 29.8 Å². The lowest BCUT2D eigenvalue weighted by Gasteiger charge is -2.29. The van der Waals surface area contributed by atoms with Gasteiger partial charge in [-0.3, -0.25) is 9.88 Å². The van der Waals surface area contributed by atoms with Gasteiger partial charge >= 0.3 is 0 Å². The van der Waals surface area contributed by atoms with E-state index in [2.05, 4.69) is 36.0 Å². The van der Waals surface area contributed by atoms with Crippen molar-refractivity contribution in [1.82, 2.24) is 15.2 Å². The maximum atomic E-state index is 13.3. The molecular formula is C16H26FN3. The van der Waals surface area contributed by atoms with Gasteiger partial charge in [-0.2, -0.15) is 0 Å². The lowest BCUT2D eigenvalue weighted by Crippen LogP contribution is -2.40. The molecule has 1 N–H and O–H groups in total. The molecule has 1 fully saturated rings. The number of hydrogen-bond donors (Lipinski definition) is 1. The van der Waals surface area contributed by atoms with Crippen LogP contribution in [0, 0.1) is 11.7 Å². The molecule has 4 heteroatoms. The predicted molar refractivity (Wildman–Crippen MR) is 79.9 cm³/mol. The van der Waals surface area contributed by atoms with Crippen molar-refractivity contribution in [2.24, 2.45) is 5.92 Å². The molecule has 0 saturated carbocycles. The van der Waals surface area contributed by atoms with Crippen molar-refractivity contribution < 1.29 is 4.39 Å². The number of aromatic nitrogens is 1. The summed E-state index contributed by atoms with van der Waals surface area (Å²) in [5, 5.41) is 3.64. The third-order valence-corrected chi connectivity index (χ3v) is 3.98. The van der Waals surface area contributed by atoms with Gasteiger partial charge in [-0.1, -0.05) is 13.8 Å². The molecule has 0 spiro atoms. The number of nitrogens with zero attached hydrogens (tertiary/aromatic N) is 2. The SMILES string of the molecule is CC(C)CC1CN(Cc2cncc(F)c2)C(C)CCN1. The molecule has 0 aromatic carbocycles. The van der Waals surface area contributed by atoms with Gasteiger partial charge in [0.25, 0.3) is 0 Å². The Balaban J connectivity index is 2.02. The molecule has 112 valence electrons. The van der Waals surface area contributed by atoms with Gasteiger partial charge in [0, 0.05) is 31.4 Å². The van der Waals surface area contributed by atoms with Gasteiger partial charge in [0.15, 0.2) is 0 Å². The van der Waals surface area contributed by atoms with E-state index in [1.165, 1.54) is 12.6 Å². The minimum Gasteiger partial charge on any atom is -0.313 e. The first-order chi connectivity index (χ1) is 9.54. The van der Waals surface area contributed by atoms with E-state index in [0.29, 0.717) is 18.0 Å². The molecule has 0 aliphatic carbocycles. The molecule has 1 aromatic heterocycles. The van der Waals surface area contributed by atoms with E-state index in [1.54, 1.807) is 12.3 Å². The fourth-order valence-electron chi connectivity index (χ4n) is 2.93. The van der Waals surface area contributed by atoms with E-state index in [4.69, 9.17) is 0 Å². The van der Waals surface area contributed by atoms with E-state index >= 15 is 0 Å². The second-order valence-corrected chi connectivity index (χ2v) is 6.36. The van der Waals surface area contributed by atoms with Crippen LogP contribution in [0.2, 0.25) is 0 Å². The highest BCUT2D eigenvalue weighted by molar-refractivity contribution is 5.10. The third kappa shape index (κ3) is 4.53. The monoisotopic (exact) mass is 279 g/mol. The molecule has 0 radical (unpaired) electrons. The number of nitrogens with one attached hydrogen (secondary N) is 1. The zero-order chi connectivity index (χ0) is 14.5. The van der Waals surface area contributed by atoms with E-state index < -0.39 is 0 Å². The molecule has 20 heavy (non-hydrogen) atoms. The van der Waals surface area contributed by atoms with Gasteiger partial charge in [0.2, 0.25) is 0 Å². The Labute approximate surface area is 121 Å². The second-order valence-electron chi connectivity index (χ2n) is 6.36. The molecule has 1 aromatic rings. The van der Waals surface area contributed by atoms with E-state index in [-0.39, 0.29) is 5.82 Å². The average Bonchev–Trinajstić information content (AvgIpc) is 2.52. The first kappa shape index (κ1) is 15.4. The topological polar surface area (TPSA) is 28.2 Å². The number of halogens is 1. The first-order valence-electron chi connectivity index (χ1n) is 7.61. The lowest BCUT2D eigenvalue weighted by atomic mass is 10.0. The van der Waals surface area contributed by atoms with Crippen LogP contribution in [0.1, 0.15) is 39.2 Å². The highest BCUT2D eigenvalue weighted by atomic mass is 19.1. The fourth-order valence-corrected chi connectivity index (χ4v) is 2.93. The maximum absolute atomic E-state index is 13.3. The highest BCUT2D eigenvalue weighted by Crippen LogP contribution is 2.17. The van der Waals surface area contributed by atoms with E-state index in [9.17, 15) is 4.39 Å². The Morgan fingerprint density at radius 3 is 2.95 bits per heavy atom. The Morgan fingerprint density at radius 2 is 2.25 bits per heavy atom. The van der Waals surface area contributed by atoms with Crippen LogP contribution in [0.3, 0.4) is 0 Å². The van der Waals surface area contributed by atoms with Crippen molar-refractivity contribution in [2.75, 3.05) is 13.1 Å². The minimum atomic E-state index is -0.248. The summed E-state index contributed by atoms with van der Waals surface area (Å²) < 4.78 is 13.3. The number of pyridine rings is 1. The smallest absolute Gasteiger partial charge is 0.141 e. The minimum absolute atomic E-state index is 0.248. The third-order valence-electron chi connectivity index (χ3n) is 3.98. The Hall–Kier alpha value is -1.00. The molecule has 0 bridgehead atoms. The molecule has 1 saturated heterocycles. The van der Waals surface area contributed by atoms with Gasteiger partial charge in [-0.25, -0.2) is 4.39 Å².